The van der Waals surface area contributed by atoms with Crippen LogP contribution in [0, 0.1) is 0 Å². The molecule has 2 aromatic carbocycles. The summed E-state index contributed by atoms with van der Waals surface area (Å²) in [6.45, 7) is 9.37. The Labute approximate surface area is 206 Å². The van der Waals surface area contributed by atoms with Gasteiger partial charge >= 0.3 is 11.9 Å². The van der Waals surface area contributed by atoms with Crippen molar-refractivity contribution in [2.45, 2.75) is 58.2 Å². The van der Waals surface area contributed by atoms with Crippen LogP contribution in [0.15, 0.2) is 60.7 Å². The molecule has 2 atom stereocenters. The molecule has 2 aromatic rings. The van der Waals surface area contributed by atoms with Crippen LogP contribution in [0.25, 0.3) is 0 Å². The maximum absolute atomic E-state index is 10.5. The highest BCUT2D eigenvalue weighted by Crippen LogP contribution is 2.36. The molecule has 0 radical (unpaired) electrons. The van der Waals surface area contributed by atoms with Gasteiger partial charge in [-0.25, -0.2) is 9.59 Å². The summed E-state index contributed by atoms with van der Waals surface area (Å²) in [5.41, 5.74) is 2.55. The lowest BCUT2D eigenvalue weighted by Gasteiger charge is -2.32. The first kappa shape index (κ1) is 29.8. The van der Waals surface area contributed by atoms with E-state index in [9.17, 15) is 24.9 Å². The van der Waals surface area contributed by atoms with E-state index in [0.717, 1.165) is 24.1 Å². The van der Waals surface area contributed by atoms with Crippen molar-refractivity contribution in [3.63, 3.8) is 0 Å². The normalized spacial score (nSPS) is 13.1. The fraction of sp³-hybridized carbons (Fsp3) is 0.407. The number of carboxylic acid groups (broad SMARTS) is 2. The Morgan fingerprint density at radius 2 is 1.43 bits per heavy atom. The van der Waals surface area contributed by atoms with Gasteiger partial charge in [-0.1, -0.05) is 36.4 Å². The van der Waals surface area contributed by atoms with Gasteiger partial charge in [-0.15, -0.1) is 0 Å². The number of benzene rings is 2. The lowest BCUT2D eigenvalue weighted by atomic mass is 9.86. The lowest BCUT2D eigenvalue weighted by molar-refractivity contribution is -0.134. The van der Waals surface area contributed by atoms with Crippen LogP contribution in [0.5, 0.6) is 5.75 Å². The second-order valence-corrected chi connectivity index (χ2v) is 8.70. The first-order chi connectivity index (χ1) is 16.5. The number of aliphatic hydroxyl groups excluding tert-OH is 2. The fourth-order valence-corrected chi connectivity index (χ4v) is 3.89. The molecule has 0 saturated heterocycles. The molecule has 8 nitrogen and oxygen atoms in total. The van der Waals surface area contributed by atoms with Crippen LogP contribution in [0.1, 0.15) is 62.8 Å². The summed E-state index contributed by atoms with van der Waals surface area (Å²) < 4.78 is 0. The van der Waals surface area contributed by atoms with Crippen LogP contribution in [0.3, 0.4) is 0 Å². The zero-order valence-corrected chi connectivity index (χ0v) is 20.7. The lowest BCUT2D eigenvalue weighted by Crippen LogP contribution is -2.38. The fourth-order valence-electron chi connectivity index (χ4n) is 3.89. The molecule has 0 aliphatic carbocycles. The average Bonchev–Trinajstić information content (AvgIpc) is 2.81. The van der Waals surface area contributed by atoms with Crippen molar-refractivity contribution < 1.29 is 35.1 Å². The number of nitrogens with zero attached hydrogens (tertiary/aromatic N) is 1. The first-order valence-corrected chi connectivity index (χ1v) is 11.5. The molecule has 2 rings (SSSR count). The smallest absolute Gasteiger partial charge is 0.328 e. The number of carbonyl (C=O) groups is 2. The minimum absolute atomic E-state index is 0.0112. The minimum atomic E-state index is -1.26. The van der Waals surface area contributed by atoms with Gasteiger partial charge in [0.05, 0.1) is 6.61 Å². The van der Waals surface area contributed by atoms with Gasteiger partial charge in [-0.05, 0) is 63.9 Å². The highest BCUT2D eigenvalue weighted by Gasteiger charge is 2.22. The number of phenols is 1. The van der Waals surface area contributed by atoms with Gasteiger partial charge < -0.3 is 25.5 Å². The number of aliphatic carboxylic acids is 2. The molecule has 0 heterocycles. The summed E-state index contributed by atoms with van der Waals surface area (Å²) >= 11 is 0. The second kappa shape index (κ2) is 14.9. The monoisotopic (exact) mass is 487 g/mol. The van der Waals surface area contributed by atoms with E-state index in [4.69, 9.17) is 10.2 Å². The standard InChI is InChI=1S/C23H33NO3.C4H4O4/c1-16(2)24(17(3)4)13-12-20(18-8-6-5-7-9-18)21-14-19(23(27)15-25)10-11-22(21)26;5-3(6)1-2-4(7)8/h5-11,14,16-17,20,23,25-27H,12-13,15H2,1-4H3;1-2H,(H,5,6)(H,7,8)/t20-,23+;/m1./s1. The Hall–Kier alpha value is -3.20. The van der Waals surface area contributed by atoms with Crippen molar-refractivity contribution in [1.29, 1.82) is 0 Å². The zero-order valence-electron chi connectivity index (χ0n) is 20.7. The SMILES string of the molecule is CC(C)N(CC[C@H](c1ccccc1)c1cc([C@@H](O)CO)ccc1O)C(C)C.O=C(O)C=CC(=O)O. The van der Waals surface area contributed by atoms with Crippen molar-refractivity contribution in [2.75, 3.05) is 13.2 Å². The van der Waals surface area contributed by atoms with Crippen LogP contribution >= 0.6 is 0 Å². The first-order valence-electron chi connectivity index (χ1n) is 11.5. The third kappa shape index (κ3) is 10.3. The van der Waals surface area contributed by atoms with Crippen LogP contribution in [0.2, 0.25) is 0 Å². The molecule has 35 heavy (non-hydrogen) atoms. The quantitative estimate of drug-likeness (QED) is 0.302. The summed E-state index contributed by atoms with van der Waals surface area (Å²) in [7, 11) is 0. The predicted molar refractivity (Wildman–Crippen MR) is 134 cm³/mol. The van der Waals surface area contributed by atoms with Crippen LogP contribution in [-0.2, 0) is 9.59 Å². The van der Waals surface area contributed by atoms with E-state index in [-0.39, 0.29) is 18.3 Å². The van der Waals surface area contributed by atoms with Gasteiger partial charge in [0.2, 0.25) is 0 Å². The van der Waals surface area contributed by atoms with Crippen molar-refractivity contribution in [3.8, 4) is 5.75 Å². The van der Waals surface area contributed by atoms with Crippen molar-refractivity contribution in [3.05, 3.63) is 77.4 Å². The maximum atomic E-state index is 10.5. The molecule has 0 aromatic heterocycles. The molecule has 0 aliphatic rings. The van der Waals surface area contributed by atoms with Gasteiger partial charge in [0.15, 0.2) is 0 Å². The number of rotatable bonds is 11. The van der Waals surface area contributed by atoms with Crippen molar-refractivity contribution in [2.24, 2.45) is 0 Å². The number of carboxylic acids is 2. The van der Waals surface area contributed by atoms with E-state index in [0.29, 0.717) is 29.8 Å². The van der Waals surface area contributed by atoms with E-state index in [1.807, 2.05) is 24.3 Å². The van der Waals surface area contributed by atoms with Gasteiger partial charge in [0, 0.05) is 35.7 Å². The molecule has 5 N–H and O–H groups in total. The summed E-state index contributed by atoms with van der Waals surface area (Å²) in [6, 6.07) is 16.1. The predicted octanol–water partition coefficient (Wildman–Crippen LogP) is 3.77. The molecule has 192 valence electrons. The number of hydrogen-bond acceptors (Lipinski definition) is 6. The largest absolute Gasteiger partial charge is 0.508 e. The summed E-state index contributed by atoms with van der Waals surface area (Å²) in [5, 5.41) is 45.5. The molecule has 0 amide bonds. The number of hydrogen-bond donors (Lipinski definition) is 5. The Bertz CT molecular complexity index is 933. The third-order valence-electron chi connectivity index (χ3n) is 5.56. The zero-order chi connectivity index (χ0) is 26.5. The molecular formula is C27H37NO7. The molecule has 0 unspecified atom stereocenters. The Morgan fingerprint density at radius 3 is 1.89 bits per heavy atom. The van der Waals surface area contributed by atoms with E-state index in [2.05, 4.69) is 44.7 Å². The Balaban J connectivity index is 0.000000658. The van der Waals surface area contributed by atoms with Gasteiger partial charge in [0.1, 0.15) is 11.9 Å². The molecule has 0 aliphatic heterocycles. The van der Waals surface area contributed by atoms with Crippen molar-refractivity contribution >= 4 is 11.9 Å². The molecule has 0 saturated carbocycles. The van der Waals surface area contributed by atoms with Gasteiger partial charge in [-0.2, -0.15) is 0 Å². The molecule has 0 fully saturated rings. The Morgan fingerprint density at radius 1 is 0.886 bits per heavy atom. The number of aliphatic hydroxyl groups is 2. The maximum Gasteiger partial charge on any atom is 0.328 e. The minimum Gasteiger partial charge on any atom is -0.508 e. The van der Waals surface area contributed by atoms with E-state index < -0.39 is 18.0 Å². The molecular weight excluding hydrogens is 450 g/mol. The summed E-state index contributed by atoms with van der Waals surface area (Å²) in [6.07, 6.45) is 1.03. The molecule has 8 heteroatoms. The topological polar surface area (TPSA) is 139 Å². The Kier molecular flexibility index (Phi) is 12.7. The average molecular weight is 488 g/mol. The second-order valence-electron chi connectivity index (χ2n) is 8.70. The van der Waals surface area contributed by atoms with E-state index >= 15 is 0 Å². The van der Waals surface area contributed by atoms with Gasteiger partial charge in [0.25, 0.3) is 0 Å². The summed E-state index contributed by atoms with van der Waals surface area (Å²) in [5.74, 6) is -2.28. The number of aromatic hydroxyl groups is 1. The van der Waals surface area contributed by atoms with E-state index in [1.54, 1.807) is 12.1 Å². The van der Waals surface area contributed by atoms with Crippen LogP contribution in [-0.4, -0.2) is 67.6 Å². The van der Waals surface area contributed by atoms with Crippen molar-refractivity contribution in [1.82, 2.24) is 4.90 Å². The van der Waals surface area contributed by atoms with E-state index in [1.165, 1.54) is 0 Å². The molecule has 0 spiro atoms. The number of phenolic OH excluding ortho intramolecular Hbond substituents is 1. The highest BCUT2D eigenvalue weighted by atomic mass is 16.4. The van der Waals surface area contributed by atoms with Crippen LogP contribution in [0.4, 0.5) is 0 Å². The molecule has 0 bridgehead atoms. The van der Waals surface area contributed by atoms with Crippen LogP contribution < -0.4 is 0 Å². The highest BCUT2D eigenvalue weighted by molar-refractivity contribution is 5.89. The summed E-state index contributed by atoms with van der Waals surface area (Å²) in [4.78, 5) is 21.6. The van der Waals surface area contributed by atoms with Gasteiger partial charge in [-0.3, -0.25) is 4.90 Å². The third-order valence-corrected chi connectivity index (χ3v) is 5.56.